The molecule has 6 heteroatoms. The number of aliphatic hydroxyl groups excluding tert-OH is 1. The SMILES string of the molecule is C[C@@H]([C@H](O)COC(c1ccccc1)(c1ccccc1)c1ccccc1)C1(C(C)(C)CO[Si](c2ccccc2)(c2ccccc2)C(C)(C)C)SCCCS1. The van der Waals surface area contributed by atoms with Crippen molar-refractivity contribution in [1.29, 1.82) is 0 Å². The molecule has 278 valence electrons. The van der Waals surface area contributed by atoms with Gasteiger partial charge < -0.3 is 14.3 Å². The number of thioether (sulfide) groups is 2. The third-order valence-corrected chi connectivity index (χ3v) is 20.5. The number of ether oxygens (including phenoxy) is 1. The van der Waals surface area contributed by atoms with Gasteiger partial charge in [-0.25, -0.2) is 0 Å². The Morgan fingerprint density at radius 2 is 1.00 bits per heavy atom. The van der Waals surface area contributed by atoms with E-state index >= 15 is 0 Å². The zero-order chi connectivity index (χ0) is 37.6. The molecular formula is C47H56O3S2Si. The highest BCUT2D eigenvalue weighted by Gasteiger charge is 2.56. The van der Waals surface area contributed by atoms with Gasteiger partial charge in [-0.05, 0) is 50.0 Å². The molecule has 5 aromatic rings. The molecule has 1 N–H and O–H groups in total. The van der Waals surface area contributed by atoms with Gasteiger partial charge in [0.1, 0.15) is 5.60 Å². The fourth-order valence-electron chi connectivity index (χ4n) is 8.35. The quantitative estimate of drug-likeness (QED) is 0.0902. The molecule has 5 aromatic carbocycles. The van der Waals surface area contributed by atoms with E-state index in [1.54, 1.807) is 0 Å². The summed E-state index contributed by atoms with van der Waals surface area (Å²) in [5.74, 6) is 2.00. The Balaban J connectivity index is 1.35. The lowest BCUT2D eigenvalue weighted by molar-refractivity contribution is -0.0605. The summed E-state index contributed by atoms with van der Waals surface area (Å²) in [5.41, 5.74) is 1.91. The van der Waals surface area contributed by atoms with Crippen molar-refractivity contribution in [3.63, 3.8) is 0 Å². The summed E-state index contributed by atoms with van der Waals surface area (Å²) >= 11 is 4.02. The molecule has 0 radical (unpaired) electrons. The lowest BCUT2D eigenvalue weighted by atomic mass is 9.79. The summed E-state index contributed by atoms with van der Waals surface area (Å²) in [6, 6.07) is 53.2. The van der Waals surface area contributed by atoms with Crippen LogP contribution in [0.5, 0.6) is 0 Å². The van der Waals surface area contributed by atoms with Crippen molar-refractivity contribution in [1.82, 2.24) is 0 Å². The molecule has 1 saturated heterocycles. The average Bonchev–Trinajstić information content (AvgIpc) is 3.20. The van der Waals surface area contributed by atoms with Gasteiger partial charge in [0.25, 0.3) is 8.32 Å². The second-order valence-electron chi connectivity index (χ2n) is 16.0. The number of rotatable bonds is 14. The van der Waals surface area contributed by atoms with Crippen molar-refractivity contribution in [3.8, 4) is 0 Å². The van der Waals surface area contributed by atoms with Gasteiger partial charge in [-0.3, -0.25) is 0 Å². The van der Waals surface area contributed by atoms with Gasteiger partial charge in [-0.2, -0.15) is 0 Å². The molecule has 3 nitrogen and oxygen atoms in total. The van der Waals surface area contributed by atoms with Gasteiger partial charge >= 0.3 is 0 Å². The first kappa shape index (κ1) is 39.6. The van der Waals surface area contributed by atoms with E-state index < -0.39 is 20.0 Å². The van der Waals surface area contributed by atoms with Gasteiger partial charge in [0.15, 0.2) is 0 Å². The number of benzene rings is 5. The topological polar surface area (TPSA) is 38.7 Å². The van der Waals surface area contributed by atoms with Crippen LogP contribution in [0, 0.1) is 11.3 Å². The molecule has 6 rings (SSSR count). The Bertz CT molecular complexity index is 1710. The van der Waals surface area contributed by atoms with E-state index in [0.717, 1.165) is 34.6 Å². The normalized spacial score (nSPS) is 16.5. The molecular weight excluding hydrogens is 705 g/mol. The second-order valence-corrected chi connectivity index (χ2v) is 23.2. The van der Waals surface area contributed by atoms with Crippen LogP contribution < -0.4 is 10.4 Å². The van der Waals surface area contributed by atoms with Crippen LogP contribution in [0.2, 0.25) is 5.04 Å². The predicted octanol–water partition coefficient (Wildman–Crippen LogP) is 10.2. The monoisotopic (exact) mass is 760 g/mol. The van der Waals surface area contributed by atoms with Crippen LogP contribution in [0.4, 0.5) is 0 Å². The largest absolute Gasteiger partial charge is 0.407 e. The number of aliphatic hydroxyl groups is 1. The molecule has 1 aliphatic rings. The lowest BCUT2D eigenvalue weighted by Gasteiger charge is -2.54. The van der Waals surface area contributed by atoms with Crippen LogP contribution in [0.3, 0.4) is 0 Å². The minimum Gasteiger partial charge on any atom is -0.407 e. The zero-order valence-corrected chi connectivity index (χ0v) is 34.8. The Labute approximate surface area is 328 Å². The fraction of sp³-hybridized carbons (Fsp3) is 0.362. The standard InChI is InChI=1S/C47H56O3S2Si/c1-37(43(48)35-49-46(38-23-12-7-13-24-38,39-25-14-8-15-26-39)40-27-16-9-17-28-40)47(51-33-22-34-52-47)45(5,6)36-50-53(44(2,3)4,41-29-18-10-19-30-41)42-31-20-11-21-32-42/h7-21,23-32,37,43,48H,22,33-36H2,1-6H3/t37-,43+/m0/s1. The van der Waals surface area contributed by atoms with Crippen molar-refractivity contribution < 1.29 is 14.3 Å². The average molecular weight is 761 g/mol. The lowest BCUT2D eigenvalue weighted by Crippen LogP contribution is -2.68. The van der Waals surface area contributed by atoms with Crippen molar-refractivity contribution in [3.05, 3.63) is 168 Å². The molecule has 0 saturated carbocycles. The van der Waals surface area contributed by atoms with E-state index in [1.165, 1.54) is 10.4 Å². The maximum absolute atomic E-state index is 12.4. The Morgan fingerprint density at radius 3 is 1.38 bits per heavy atom. The molecule has 1 heterocycles. The third kappa shape index (κ3) is 7.74. The third-order valence-electron chi connectivity index (χ3n) is 11.1. The number of hydrogen-bond acceptors (Lipinski definition) is 5. The van der Waals surface area contributed by atoms with E-state index in [9.17, 15) is 5.11 Å². The van der Waals surface area contributed by atoms with Crippen molar-refractivity contribution in [2.45, 2.75) is 68.8 Å². The van der Waals surface area contributed by atoms with Crippen LogP contribution in [0.25, 0.3) is 0 Å². The maximum Gasteiger partial charge on any atom is 0.261 e. The summed E-state index contributed by atoms with van der Waals surface area (Å²) in [4.78, 5) is 0. The molecule has 0 spiro atoms. The predicted molar refractivity (Wildman–Crippen MR) is 230 cm³/mol. The summed E-state index contributed by atoms with van der Waals surface area (Å²) in [5, 5.41) is 14.9. The molecule has 0 unspecified atom stereocenters. The van der Waals surface area contributed by atoms with Gasteiger partial charge in [-0.1, -0.05) is 193 Å². The van der Waals surface area contributed by atoms with Crippen LogP contribution in [0.15, 0.2) is 152 Å². The molecule has 1 fully saturated rings. The summed E-state index contributed by atoms with van der Waals surface area (Å²) in [6.45, 7) is 14.7. The van der Waals surface area contributed by atoms with Gasteiger partial charge in [-0.15, -0.1) is 23.5 Å². The molecule has 0 bridgehead atoms. The smallest absolute Gasteiger partial charge is 0.261 e. The maximum atomic E-state index is 12.4. The number of hydrogen-bond donors (Lipinski definition) is 1. The summed E-state index contributed by atoms with van der Waals surface area (Å²) < 4.78 is 14.5. The van der Waals surface area contributed by atoms with E-state index in [4.69, 9.17) is 9.16 Å². The first-order chi connectivity index (χ1) is 25.5. The van der Waals surface area contributed by atoms with Crippen molar-refractivity contribution in [2.75, 3.05) is 24.7 Å². The fourth-order valence-corrected chi connectivity index (χ4v) is 17.0. The Kier molecular flexibility index (Phi) is 12.5. The molecule has 53 heavy (non-hydrogen) atoms. The molecule has 0 aliphatic carbocycles. The minimum absolute atomic E-state index is 0.101. The Hall–Kier alpha value is -3.10. The van der Waals surface area contributed by atoms with E-state index in [0.29, 0.717) is 6.61 Å². The Morgan fingerprint density at radius 1 is 0.623 bits per heavy atom. The summed E-state index contributed by atoms with van der Waals surface area (Å²) in [7, 11) is -2.78. The summed E-state index contributed by atoms with van der Waals surface area (Å²) in [6.07, 6.45) is 0.428. The first-order valence-corrected chi connectivity index (χ1v) is 22.9. The van der Waals surface area contributed by atoms with Crippen molar-refractivity contribution in [2.24, 2.45) is 11.3 Å². The van der Waals surface area contributed by atoms with E-state index in [2.05, 4.69) is 175 Å². The highest BCUT2D eigenvalue weighted by Crippen LogP contribution is 2.59. The minimum atomic E-state index is -2.78. The van der Waals surface area contributed by atoms with Crippen LogP contribution >= 0.6 is 23.5 Å². The van der Waals surface area contributed by atoms with Gasteiger partial charge in [0.2, 0.25) is 0 Å². The van der Waals surface area contributed by atoms with Crippen LogP contribution in [0.1, 0.15) is 64.7 Å². The van der Waals surface area contributed by atoms with Gasteiger partial charge in [0, 0.05) is 17.9 Å². The highest BCUT2D eigenvalue weighted by atomic mass is 32.2. The molecule has 0 aromatic heterocycles. The van der Waals surface area contributed by atoms with Crippen LogP contribution in [-0.4, -0.2) is 48.3 Å². The van der Waals surface area contributed by atoms with Gasteiger partial charge in [0.05, 0.1) is 16.8 Å². The molecule has 2 atom stereocenters. The molecule has 1 aliphatic heterocycles. The van der Waals surface area contributed by atoms with Crippen molar-refractivity contribution >= 4 is 42.2 Å². The first-order valence-electron chi connectivity index (χ1n) is 19.0. The second kappa shape index (κ2) is 16.7. The van der Waals surface area contributed by atoms with Crippen LogP contribution in [-0.2, 0) is 14.8 Å². The molecule has 0 amide bonds. The zero-order valence-electron chi connectivity index (χ0n) is 32.2. The van der Waals surface area contributed by atoms with E-state index in [1.807, 2.05) is 41.7 Å². The van der Waals surface area contributed by atoms with E-state index in [-0.39, 0.29) is 27.1 Å². The highest BCUT2D eigenvalue weighted by molar-refractivity contribution is 8.18.